The number of likely N-dealkylation sites (tertiary alicyclic amines) is 1. The summed E-state index contributed by atoms with van der Waals surface area (Å²) < 4.78 is 27.8. The molecule has 2 aromatic carbocycles. The van der Waals surface area contributed by atoms with Gasteiger partial charge in [-0.3, -0.25) is 9.59 Å². The number of para-hydroxylation sites is 1. The Morgan fingerprint density at radius 3 is 2.30 bits per heavy atom. The maximum absolute atomic E-state index is 13.2. The highest BCUT2D eigenvalue weighted by Crippen LogP contribution is 2.26. The molecule has 1 N–H and O–H groups in total. The van der Waals surface area contributed by atoms with E-state index in [4.69, 9.17) is 0 Å². The predicted octanol–water partition coefficient (Wildman–Crippen LogP) is 3.90. The average Bonchev–Trinajstić information content (AvgIpc) is 3.34. The van der Waals surface area contributed by atoms with E-state index in [0.29, 0.717) is 35.8 Å². The van der Waals surface area contributed by atoms with Gasteiger partial charge in [-0.15, -0.1) is 0 Å². The van der Waals surface area contributed by atoms with Crippen LogP contribution in [0.15, 0.2) is 47.4 Å². The lowest BCUT2D eigenvalue weighted by Crippen LogP contribution is -2.38. The van der Waals surface area contributed by atoms with Gasteiger partial charge in [-0.1, -0.05) is 25.1 Å². The molecule has 176 valence electrons. The Kier molecular flexibility index (Phi) is 6.86. The van der Waals surface area contributed by atoms with Gasteiger partial charge in [0.25, 0.3) is 11.8 Å². The molecule has 0 atom stereocenters. The van der Waals surface area contributed by atoms with Crippen LogP contribution in [0, 0.1) is 12.8 Å². The molecule has 0 aromatic heterocycles. The molecule has 0 saturated carbocycles. The summed E-state index contributed by atoms with van der Waals surface area (Å²) >= 11 is 0. The third-order valence-corrected chi connectivity index (χ3v) is 8.53. The van der Waals surface area contributed by atoms with Gasteiger partial charge in [0, 0.05) is 31.7 Å². The minimum absolute atomic E-state index is 0.101. The molecule has 0 unspecified atom stereocenters. The lowest BCUT2D eigenvalue weighted by Gasteiger charge is -2.29. The number of nitrogens with zero attached hydrogens (tertiary/aromatic N) is 2. The molecule has 2 aliphatic heterocycles. The molecule has 2 fully saturated rings. The van der Waals surface area contributed by atoms with Crippen LogP contribution < -0.4 is 5.32 Å². The van der Waals surface area contributed by atoms with Gasteiger partial charge in [0.1, 0.15) is 0 Å². The van der Waals surface area contributed by atoms with E-state index in [1.165, 1.54) is 10.4 Å². The number of anilines is 1. The number of piperidine rings is 1. The number of carbonyl (C=O) groups is 2. The quantitative estimate of drug-likeness (QED) is 0.719. The summed E-state index contributed by atoms with van der Waals surface area (Å²) in [5.41, 5.74) is 1.82. The van der Waals surface area contributed by atoms with E-state index in [1.807, 2.05) is 0 Å². The monoisotopic (exact) mass is 469 g/mol. The van der Waals surface area contributed by atoms with Crippen LogP contribution in [0.5, 0.6) is 0 Å². The van der Waals surface area contributed by atoms with Crippen LogP contribution in [-0.4, -0.2) is 55.6 Å². The van der Waals surface area contributed by atoms with Crippen molar-refractivity contribution in [3.8, 4) is 0 Å². The van der Waals surface area contributed by atoms with Crippen LogP contribution in [0.4, 0.5) is 5.69 Å². The first kappa shape index (κ1) is 23.4. The van der Waals surface area contributed by atoms with Gasteiger partial charge in [0.15, 0.2) is 0 Å². The summed E-state index contributed by atoms with van der Waals surface area (Å²) in [4.78, 5) is 28.0. The minimum atomic E-state index is -3.67. The standard InChI is InChI=1S/C25H31N3O4S/c1-18-11-15-28(16-12-18)33(31,32)20-10-9-19(2)22(17-20)24(29)26-23-8-4-3-7-21(23)25(30)27-13-5-6-14-27/h3-4,7-10,17-18H,5-6,11-16H2,1-2H3,(H,26,29). The Balaban J connectivity index is 1.58. The maximum Gasteiger partial charge on any atom is 0.255 e. The molecule has 0 aliphatic carbocycles. The molecule has 2 aliphatic rings. The zero-order chi connectivity index (χ0) is 23.6. The Morgan fingerprint density at radius 1 is 0.939 bits per heavy atom. The van der Waals surface area contributed by atoms with Crippen LogP contribution >= 0.6 is 0 Å². The van der Waals surface area contributed by atoms with Gasteiger partial charge in [-0.2, -0.15) is 4.31 Å². The normalized spacial score (nSPS) is 17.8. The first-order valence-electron chi connectivity index (χ1n) is 11.6. The molecule has 2 aromatic rings. The Bertz CT molecular complexity index is 1150. The van der Waals surface area contributed by atoms with E-state index in [9.17, 15) is 18.0 Å². The van der Waals surface area contributed by atoms with Crippen LogP contribution in [0.3, 0.4) is 0 Å². The second kappa shape index (κ2) is 9.65. The Labute approximate surface area is 195 Å². The molecule has 33 heavy (non-hydrogen) atoms. The number of benzene rings is 2. The number of sulfonamides is 1. The molecule has 0 spiro atoms. The number of amides is 2. The Hall–Kier alpha value is -2.71. The largest absolute Gasteiger partial charge is 0.339 e. The Morgan fingerprint density at radius 2 is 1.61 bits per heavy atom. The molecule has 7 nitrogen and oxygen atoms in total. The second-order valence-electron chi connectivity index (χ2n) is 9.06. The van der Waals surface area contributed by atoms with Gasteiger partial charge in [0.05, 0.1) is 16.1 Å². The van der Waals surface area contributed by atoms with Crippen molar-refractivity contribution in [2.45, 2.75) is 44.4 Å². The number of hydrogen-bond acceptors (Lipinski definition) is 4. The third kappa shape index (κ3) is 4.96. The van der Waals surface area contributed by atoms with Crippen molar-refractivity contribution in [2.24, 2.45) is 5.92 Å². The van der Waals surface area contributed by atoms with E-state index in [-0.39, 0.29) is 16.4 Å². The van der Waals surface area contributed by atoms with E-state index in [0.717, 1.165) is 38.8 Å². The molecular formula is C25H31N3O4S. The summed E-state index contributed by atoms with van der Waals surface area (Å²) in [6.07, 6.45) is 3.63. The molecule has 0 radical (unpaired) electrons. The van der Waals surface area contributed by atoms with Crippen LogP contribution in [0.1, 0.15) is 58.9 Å². The lowest BCUT2D eigenvalue weighted by molar-refractivity contribution is 0.0794. The van der Waals surface area contributed by atoms with E-state index in [2.05, 4.69) is 12.2 Å². The van der Waals surface area contributed by atoms with Crippen molar-refractivity contribution in [1.82, 2.24) is 9.21 Å². The highest BCUT2D eigenvalue weighted by atomic mass is 32.2. The first-order valence-corrected chi connectivity index (χ1v) is 13.0. The van der Waals surface area contributed by atoms with Crippen LogP contribution in [0.2, 0.25) is 0 Å². The molecule has 8 heteroatoms. The van der Waals surface area contributed by atoms with Crippen molar-refractivity contribution in [1.29, 1.82) is 0 Å². The fourth-order valence-corrected chi connectivity index (χ4v) is 5.94. The number of rotatable bonds is 5. The molecule has 2 saturated heterocycles. The van der Waals surface area contributed by atoms with Gasteiger partial charge in [0.2, 0.25) is 10.0 Å². The summed E-state index contributed by atoms with van der Waals surface area (Å²) in [5.74, 6) is -0.0200. The predicted molar refractivity (Wildman–Crippen MR) is 128 cm³/mol. The molecule has 4 rings (SSSR count). The number of aryl methyl sites for hydroxylation is 1. The van der Waals surface area contributed by atoms with Crippen LogP contribution in [0.25, 0.3) is 0 Å². The highest BCUT2D eigenvalue weighted by molar-refractivity contribution is 7.89. The van der Waals surface area contributed by atoms with Crippen molar-refractivity contribution in [2.75, 3.05) is 31.5 Å². The topological polar surface area (TPSA) is 86.8 Å². The van der Waals surface area contributed by atoms with Crippen molar-refractivity contribution >= 4 is 27.5 Å². The van der Waals surface area contributed by atoms with Crippen molar-refractivity contribution in [3.63, 3.8) is 0 Å². The van der Waals surface area contributed by atoms with Gasteiger partial charge in [-0.25, -0.2) is 8.42 Å². The SMILES string of the molecule is Cc1ccc(S(=O)(=O)N2CCC(C)CC2)cc1C(=O)Nc1ccccc1C(=O)N1CCCC1. The second-order valence-corrected chi connectivity index (χ2v) is 11.0. The molecule has 0 bridgehead atoms. The highest BCUT2D eigenvalue weighted by Gasteiger charge is 2.29. The minimum Gasteiger partial charge on any atom is -0.339 e. The molecule has 2 heterocycles. The van der Waals surface area contributed by atoms with Crippen molar-refractivity contribution in [3.05, 3.63) is 59.2 Å². The zero-order valence-corrected chi connectivity index (χ0v) is 20.0. The average molecular weight is 470 g/mol. The van der Waals surface area contributed by atoms with E-state index < -0.39 is 15.9 Å². The van der Waals surface area contributed by atoms with E-state index in [1.54, 1.807) is 48.2 Å². The summed E-state index contributed by atoms with van der Waals surface area (Å²) in [6.45, 7) is 6.32. The van der Waals surface area contributed by atoms with Gasteiger partial charge >= 0.3 is 0 Å². The maximum atomic E-state index is 13.2. The summed E-state index contributed by atoms with van der Waals surface area (Å²) in [6, 6.07) is 11.6. The smallest absolute Gasteiger partial charge is 0.255 e. The van der Waals surface area contributed by atoms with Crippen LogP contribution in [-0.2, 0) is 10.0 Å². The zero-order valence-electron chi connectivity index (χ0n) is 19.2. The number of carbonyl (C=O) groups excluding carboxylic acids is 2. The summed E-state index contributed by atoms with van der Waals surface area (Å²) in [7, 11) is -3.67. The molecular weight excluding hydrogens is 438 g/mol. The molecule has 2 amide bonds. The fraction of sp³-hybridized carbons (Fsp3) is 0.440. The van der Waals surface area contributed by atoms with Gasteiger partial charge in [-0.05, 0) is 68.4 Å². The van der Waals surface area contributed by atoms with Crippen molar-refractivity contribution < 1.29 is 18.0 Å². The summed E-state index contributed by atoms with van der Waals surface area (Å²) in [5, 5.41) is 2.84. The lowest BCUT2D eigenvalue weighted by atomic mass is 10.0. The fourth-order valence-electron chi connectivity index (χ4n) is 4.44. The number of nitrogens with one attached hydrogen (secondary N) is 1. The first-order chi connectivity index (χ1) is 15.8. The number of hydrogen-bond donors (Lipinski definition) is 1. The van der Waals surface area contributed by atoms with Gasteiger partial charge < -0.3 is 10.2 Å². The van der Waals surface area contributed by atoms with E-state index >= 15 is 0 Å². The third-order valence-electron chi connectivity index (χ3n) is 6.63.